The Morgan fingerprint density at radius 3 is 2.23 bits per heavy atom. The molecule has 3 aromatic carbocycles. The van der Waals surface area contributed by atoms with Gasteiger partial charge in [0, 0.05) is 5.41 Å². The van der Waals surface area contributed by atoms with Crippen molar-refractivity contribution in [3.63, 3.8) is 0 Å². The van der Waals surface area contributed by atoms with Crippen LogP contribution in [-0.2, 0) is 5.41 Å². The third kappa shape index (κ3) is 1.59. The molecular formula is C21H18O. The van der Waals surface area contributed by atoms with E-state index in [0.29, 0.717) is 5.75 Å². The summed E-state index contributed by atoms with van der Waals surface area (Å²) in [4.78, 5) is 0. The van der Waals surface area contributed by atoms with E-state index in [4.69, 9.17) is 0 Å². The molecule has 1 atom stereocenters. The van der Waals surface area contributed by atoms with Crippen LogP contribution >= 0.6 is 0 Å². The van der Waals surface area contributed by atoms with Crippen LogP contribution in [0.15, 0.2) is 72.8 Å². The van der Waals surface area contributed by atoms with Crippen LogP contribution < -0.4 is 0 Å². The van der Waals surface area contributed by atoms with Gasteiger partial charge in [-0.2, -0.15) is 0 Å². The van der Waals surface area contributed by atoms with Crippen LogP contribution in [0.1, 0.15) is 30.0 Å². The lowest BCUT2D eigenvalue weighted by Gasteiger charge is -2.31. The van der Waals surface area contributed by atoms with Crippen LogP contribution in [0.5, 0.6) is 5.75 Å². The van der Waals surface area contributed by atoms with Crippen molar-refractivity contribution in [3.05, 3.63) is 89.5 Å². The zero-order chi connectivity index (χ0) is 15.2. The van der Waals surface area contributed by atoms with Gasteiger partial charge in [-0.1, -0.05) is 67.6 Å². The third-order valence-electron chi connectivity index (χ3n) is 4.94. The van der Waals surface area contributed by atoms with Crippen molar-refractivity contribution >= 4 is 0 Å². The quantitative estimate of drug-likeness (QED) is 0.693. The molecule has 0 radical (unpaired) electrons. The van der Waals surface area contributed by atoms with Crippen LogP contribution in [-0.4, -0.2) is 5.11 Å². The maximum absolute atomic E-state index is 10.1. The van der Waals surface area contributed by atoms with Crippen molar-refractivity contribution in [2.45, 2.75) is 18.8 Å². The van der Waals surface area contributed by atoms with Crippen molar-refractivity contribution in [2.24, 2.45) is 0 Å². The normalized spacial score (nSPS) is 18.8. The van der Waals surface area contributed by atoms with E-state index < -0.39 is 0 Å². The molecule has 0 heterocycles. The highest BCUT2D eigenvalue weighted by Gasteiger charge is 2.43. The molecule has 0 saturated heterocycles. The van der Waals surface area contributed by atoms with Crippen LogP contribution in [0.3, 0.4) is 0 Å². The lowest BCUT2D eigenvalue weighted by molar-refractivity contribution is 0.472. The van der Waals surface area contributed by atoms with Gasteiger partial charge < -0.3 is 5.11 Å². The van der Waals surface area contributed by atoms with Gasteiger partial charge in [-0.05, 0) is 46.4 Å². The lowest BCUT2D eigenvalue weighted by atomic mass is 9.70. The molecule has 0 bridgehead atoms. The molecule has 1 unspecified atom stereocenters. The van der Waals surface area contributed by atoms with Gasteiger partial charge in [0.2, 0.25) is 0 Å². The van der Waals surface area contributed by atoms with Crippen molar-refractivity contribution in [1.82, 2.24) is 0 Å². The first-order valence-electron chi connectivity index (χ1n) is 7.76. The summed E-state index contributed by atoms with van der Waals surface area (Å²) in [5, 5.41) is 10.1. The van der Waals surface area contributed by atoms with Crippen LogP contribution in [0, 0.1) is 0 Å². The van der Waals surface area contributed by atoms with E-state index in [2.05, 4.69) is 61.5 Å². The summed E-state index contributed by atoms with van der Waals surface area (Å²) in [6, 6.07) is 25.0. The van der Waals surface area contributed by atoms with Crippen LogP contribution in [0.25, 0.3) is 11.1 Å². The van der Waals surface area contributed by atoms with Crippen molar-refractivity contribution in [2.75, 3.05) is 0 Å². The Balaban J connectivity index is 2.13. The van der Waals surface area contributed by atoms with Crippen LogP contribution in [0.4, 0.5) is 0 Å². The SMILES string of the molecule is CCC1(c2ccccc2)c2ccccc2-c2ccc(O)cc21. The molecule has 1 aliphatic carbocycles. The zero-order valence-corrected chi connectivity index (χ0v) is 12.6. The highest BCUT2D eigenvalue weighted by molar-refractivity contribution is 5.83. The molecule has 0 aliphatic heterocycles. The Morgan fingerprint density at radius 2 is 1.45 bits per heavy atom. The van der Waals surface area contributed by atoms with Gasteiger partial charge in [0.1, 0.15) is 5.75 Å². The Kier molecular flexibility index (Phi) is 2.83. The Labute approximate surface area is 130 Å². The largest absolute Gasteiger partial charge is 0.508 e. The predicted molar refractivity (Wildman–Crippen MR) is 90.2 cm³/mol. The number of hydrogen-bond acceptors (Lipinski definition) is 1. The summed E-state index contributed by atoms with van der Waals surface area (Å²) < 4.78 is 0. The number of aromatic hydroxyl groups is 1. The molecule has 108 valence electrons. The standard InChI is InChI=1S/C21H18O/c1-2-21(15-8-4-3-5-9-15)19-11-7-6-10-17(19)18-13-12-16(22)14-20(18)21/h3-14,22H,2H2,1H3. The van der Waals surface area contributed by atoms with E-state index in [9.17, 15) is 5.11 Å². The second-order valence-corrected chi connectivity index (χ2v) is 5.90. The molecule has 1 aliphatic rings. The highest BCUT2D eigenvalue weighted by atomic mass is 16.3. The first kappa shape index (κ1) is 13.1. The second-order valence-electron chi connectivity index (χ2n) is 5.90. The topological polar surface area (TPSA) is 20.2 Å². The molecule has 1 nitrogen and oxygen atoms in total. The number of fused-ring (bicyclic) bond motifs is 3. The summed E-state index contributed by atoms with van der Waals surface area (Å²) in [5.74, 6) is 0.334. The van der Waals surface area contributed by atoms with Gasteiger partial charge in [-0.3, -0.25) is 0 Å². The van der Waals surface area contributed by atoms with Gasteiger partial charge in [-0.15, -0.1) is 0 Å². The Bertz CT molecular complexity index is 836. The smallest absolute Gasteiger partial charge is 0.115 e. The summed E-state index contributed by atoms with van der Waals surface area (Å²) in [7, 11) is 0. The van der Waals surface area contributed by atoms with Crippen molar-refractivity contribution in [1.29, 1.82) is 0 Å². The molecule has 0 amide bonds. The fourth-order valence-corrected chi connectivity index (χ4v) is 3.97. The molecule has 1 N–H and O–H groups in total. The lowest BCUT2D eigenvalue weighted by Crippen LogP contribution is -2.25. The summed E-state index contributed by atoms with van der Waals surface area (Å²) in [6.45, 7) is 2.23. The van der Waals surface area contributed by atoms with E-state index in [-0.39, 0.29) is 5.41 Å². The monoisotopic (exact) mass is 286 g/mol. The van der Waals surface area contributed by atoms with E-state index in [1.165, 1.54) is 27.8 Å². The van der Waals surface area contributed by atoms with E-state index in [0.717, 1.165) is 6.42 Å². The van der Waals surface area contributed by atoms with Gasteiger partial charge in [0.15, 0.2) is 0 Å². The number of phenolic OH excluding ortho intramolecular Hbond substituents is 1. The van der Waals surface area contributed by atoms with Crippen molar-refractivity contribution in [3.8, 4) is 16.9 Å². The first-order chi connectivity index (χ1) is 10.8. The molecule has 3 aromatic rings. The number of rotatable bonds is 2. The summed E-state index contributed by atoms with van der Waals surface area (Å²) in [5.41, 5.74) is 6.18. The van der Waals surface area contributed by atoms with Gasteiger partial charge in [0.25, 0.3) is 0 Å². The molecule has 0 aromatic heterocycles. The fraction of sp³-hybridized carbons (Fsp3) is 0.143. The number of benzene rings is 3. The average Bonchev–Trinajstić information content (AvgIpc) is 2.86. The Hall–Kier alpha value is -2.54. The molecule has 0 spiro atoms. The molecule has 4 rings (SSSR count). The second kappa shape index (κ2) is 4.74. The molecule has 1 heteroatoms. The van der Waals surface area contributed by atoms with Gasteiger partial charge >= 0.3 is 0 Å². The van der Waals surface area contributed by atoms with Crippen molar-refractivity contribution < 1.29 is 5.11 Å². The maximum Gasteiger partial charge on any atom is 0.115 e. The van der Waals surface area contributed by atoms with Gasteiger partial charge in [0.05, 0.1) is 0 Å². The average molecular weight is 286 g/mol. The minimum Gasteiger partial charge on any atom is -0.508 e. The number of phenols is 1. The maximum atomic E-state index is 10.1. The van der Waals surface area contributed by atoms with E-state index in [1.54, 1.807) is 6.07 Å². The molecule has 0 fully saturated rings. The first-order valence-corrected chi connectivity index (χ1v) is 7.76. The fourth-order valence-electron chi connectivity index (χ4n) is 3.97. The predicted octanol–water partition coefficient (Wildman–Crippen LogP) is 5.12. The zero-order valence-electron chi connectivity index (χ0n) is 12.6. The molecule has 22 heavy (non-hydrogen) atoms. The highest BCUT2D eigenvalue weighted by Crippen LogP contribution is 2.54. The Morgan fingerprint density at radius 1 is 0.773 bits per heavy atom. The minimum atomic E-state index is -0.175. The van der Waals surface area contributed by atoms with E-state index in [1.807, 2.05) is 12.1 Å². The third-order valence-corrected chi connectivity index (χ3v) is 4.94. The number of hydrogen-bond donors (Lipinski definition) is 1. The molecular weight excluding hydrogens is 268 g/mol. The summed E-state index contributed by atoms with van der Waals surface area (Å²) >= 11 is 0. The molecule has 0 saturated carbocycles. The minimum absolute atomic E-state index is 0.175. The van der Waals surface area contributed by atoms with E-state index >= 15 is 0 Å². The van der Waals surface area contributed by atoms with Gasteiger partial charge in [-0.25, -0.2) is 0 Å². The summed E-state index contributed by atoms with van der Waals surface area (Å²) in [6.07, 6.45) is 0.963. The van der Waals surface area contributed by atoms with Crippen LogP contribution in [0.2, 0.25) is 0 Å².